The summed E-state index contributed by atoms with van der Waals surface area (Å²) in [5.74, 6) is -0.0834. The Morgan fingerprint density at radius 1 is 1.19 bits per heavy atom. The quantitative estimate of drug-likeness (QED) is 0.738. The Bertz CT molecular complexity index is 801. The molecule has 0 radical (unpaired) electrons. The van der Waals surface area contributed by atoms with Crippen molar-refractivity contribution in [3.63, 3.8) is 0 Å². The Morgan fingerprint density at radius 2 is 2.04 bits per heavy atom. The van der Waals surface area contributed by atoms with Gasteiger partial charge in [-0.1, -0.05) is 42.5 Å². The summed E-state index contributed by atoms with van der Waals surface area (Å²) in [5, 5.41) is 2.92. The van der Waals surface area contributed by atoms with Crippen molar-refractivity contribution in [3.05, 3.63) is 96.0 Å². The zero-order valence-electron chi connectivity index (χ0n) is 15.1. The monoisotopic (exact) mass is 381 g/mol. The Morgan fingerprint density at radius 3 is 2.74 bits per heavy atom. The highest BCUT2D eigenvalue weighted by atomic mass is 35.5. The topological polar surface area (TPSA) is 45.2 Å². The number of pyridine rings is 1. The van der Waals surface area contributed by atoms with E-state index in [9.17, 15) is 4.79 Å². The molecule has 4 nitrogen and oxygen atoms in total. The molecule has 2 aromatic rings. The molecular weight excluding hydrogens is 358 g/mol. The van der Waals surface area contributed by atoms with Crippen molar-refractivity contribution in [2.75, 3.05) is 13.1 Å². The number of benzene rings is 1. The lowest BCUT2D eigenvalue weighted by Gasteiger charge is -2.22. The summed E-state index contributed by atoms with van der Waals surface area (Å²) in [6, 6.07) is 14.2. The van der Waals surface area contributed by atoms with Gasteiger partial charge in [-0.25, -0.2) is 0 Å². The Labute approximate surface area is 166 Å². The molecule has 140 valence electrons. The summed E-state index contributed by atoms with van der Waals surface area (Å²) >= 11 is 0. The Hall–Kier alpha value is -2.85. The number of allylic oxidation sites excluding steroid dienone is 1. The molecule has 0 atom stereocenters. The molecule has 0 saturated heterocycles. The van der Waals surface area contributed by atoms with Crippen LogP contribution in [0, 0.1) is 0 Å². The molecule has 5 heteroatoms. The summed E-state index contributed by atoms with van der Waals surface area (Å²) in [4.78, 5) is 18.1. The molecule has 0 aliphatic carbocycles. The van der Waals surface area contributed by atoms with E-state index in [1.54, 1.807) is 24.5 Å². The van der Waals surface area contributed by atoms with E-state index in [-0.39, 0.29) is 18.3 Å². The van der Waals surface area contributed by atoms with Gasteiger partial charge in [0.05, 0.1) is 0 Å². The van der Waals surface area contributed by atoms with Crippen LogP contribution in [0.25, 0.3) is 6.08 Å². The van der Waals surface area contributed by atoms with Crippen molar-refractivity contribution in [2.45, 2.75) is 13.0 Å². The first-order chi connectivity index (χ1) is 12.8. The number of rotatable bonds is 7. The lowest BCUT2D eigenvalue weighted by Crippen LogP contribution is -2.23. The first kappa shape index (κ1) is 20.5. The van der Waals surface area contributed by atoms with E-state index in [0.29, 0.717) is 6.54 Å². The molecule has 1 aromatic heterocycles. The molecule has 0 spiro atoms. The van der Waals surface area contributed by atoms with E-state index < -0.39 is 0 Å². The molecule has 0 saturated carbocycles. The van der Waals surface area contributed by atoms with Crippen LogP contribution in [0.15, 0.2) is 84.9 Å². The van der Waals surface area contributed by atoms with Gasteiger partial charge in [-0.15, -0.1) is 12.4 Å². The number of amides is 1. The minimum absolute atomic E-state index is 0. The van der Waals surface area contributed by atoms with E-state index in [1.165, 1.54) is 11.1 Å². The summed E-state index contributed by atoms with van der Waals surface area (Å²) in [6.45, 7) is 2.44. The van der Waals surface area contributed by atoms with E-state index in [4.69, 9.17) is 0 Å². The van der Waals surface area contributed by atoms with Gasteiger partial charge in [0.25, 0.3) is 0 Å². The third-order valence-electron chi connectivity index (χ3n) is 4.14. The predicted octanol–water partition coefficient (Wildman–Crippen LogP) is 3.98. The average molecular weight is 382 g/mol. The van der Waals surface area contributed by atoms with Crippen LogP contribution in [0.2, 0.25) is 0 Å². The highest BCUT2D eigenvalue weighted by Crippen LogP contribution is 2.13. The molecule has 1 amide bonds. The van der Waals surface area contributed by atoms with Crippen molar-refractivity contribution in [3.8, 4) is 0 Å². The van der Waals surface area contributed by atoms with Crippen LogP contribution in [0.4, 0.5) is 0 Å². The first-order valence-electron chi connectivity index (χ1n) is 8.81. The molecule has 1 aliphatic heterocycles. The van der Waals surface area contributed by atoms with Crippen molar-refractivity contribution in [1.82, 2.24) is 15.2 Å². The standard InChI is InChI=1S/C22H23N3O.ClH/c26-22(9-8-20-7-4-13-23-17-20)24-14-10-19-11-15-25(16-12-19)18-21-5-2-1-3-6-21;/h1-9,11-13,15,17H,10,14,16,18H2,(H,24,26);1H/b9-8+;. The molecule has 27 heavy (non-hydrogen) atoms. The fraction of sp³-hybridized carbons (Fsp3) is 0.182. The van der Waals surface area contributed by atoms with E-state index in [1.807, 2.05) is 18.2 Å². The van der Waals surface area contributed by atoms with Gasteiger partial charge in [-0.05, 0) is 47.5 Å². The maximum atomic E-state index is 11.8. The van der Waals surface area contributed by atoms with E-state index in [2.05, 4.69) is 57.8 Å². The van der Waals surface area contributed by atoms with Crippen molar-refractivity contribution in [2.24, 2.45) is 0 Å². The SMILES string of the molecule is Cl.O=C(/C=C/c1cccnc1)NCCC1=CCN(Cc2ccccc2)C=C1. The molecule has 0 unspecified atom stereocenters. The smallest absolute Gasteiger partial charge is 0.244 e. The molecule has 2 heterocycles. The summed E-state index contributed by atoms with van der Waals surface area (Å²) in [7, 11) is 0. The normalized spacial score (nSPS) is 13.2. The number of carbonyl (C=O) groups is 1. The molecule has 1 N–H and O–H groups in total. The van der Waals surface area contributed by atoms with Gasteiger partial charge < -0.3 is 10.2 Å². The zero-order valence-corrected chi connectivity index (χ0v) is 15.9. The van der Waals surface area contributed by atoms with Gasteiger partial charge in [-0.3, -0.25) is 9.78 Å². The fourth-order valence-corrected chi connectivity index (χ4v) is 2.72. The number of aromatic nitrogens is 1. The number of carbonyl (C=O) groups excluding carboxylic acids is 1. The van der Waals surface area contributed by atoms with Crippen molar-refractivity contribution in [1.29, 1.82) is 0 Å². The molecule has 0 fully saturated rings. The molecule has 0 bridgehead atoms. The van der Waals surface area contributed by atoms with E-state index in [0.717, 1.165) is 25.1 Å². The maximum Gasteiger partial charge on any atom is 0.244 e. The van der Waals surface area contributed by atoms with Gasteiger partial charge in [0.2, 0.25) is 5.91 Å². The number of hydrogen-bond donors (Lipinski definition) is 1. The molecular formula is C22H24ClN3O. The highest BCUT2D eigenvalue weighted by molar-refractivity contribution is 5.91. The zero-order chi connectivity index (χ0) is 18.0. The summed E-state index contributed by atoms with van der Waals surface area (Å²) in [5.41, 5.74) is 3.48. The van der Waals surface area contributed by atoms with Crippen LogP contribution < -0.4 is 5.32 Å². The number of hydrogen-bond acceptors (Lipinski definition) is 3. The number of nitrogens with one attached hydrogen (secondary N) is 1. The average Bonchev–Trinajstić information content (AvgIpc) is 2.69. The second-order valence-electron chi connectivity index (χ2n) is 6.17. The van der Waals surface area contributed by atoms with Crippen LogP contribution in [0.3, 0.4) is 0 Å². The minimum atomic E-state index is -0.0834. The van der Waals surface area contributed by atoms with Gasteiger partial charge in [0.15, 0.2) is 0 Å². The van der Waals surface area contributed by atoms with Crippen molar-refractivity contribution < 1.29 is 4.79 Å². The second kappa shape index (κ2) is 11.0. The van der Waals surface area contributed by atoms with Gasteiger partial charge in [0.1, 0.15) is 0 Å². The van der Waals surface area contributed by atoms with Crippen LogP contribution in [-0.4, -0.2) is 28.9 Å². The number of nitrogens with zero attached hydrogens (tertiary/aromatic N) is 2. The van der Waals surface area contributed by atoms with Crippen LogP contribution in [-0.2, 0) is 11.3 Å². The molecule has 1 aliphatic rings. The van der Waals surface area contributed by atoms with Gasteiger partial charge in [-0.2, -0.15) is 0 Å². The fourth-order valence-electron chi connectivity index (χ4n) is 2.72. The lowest BCUT2D eigenvalue weighted by molar-refractivity contribution is -0.116. The maximum absolute atomic E-state index is 11.8. The third-order valence-corrected chi connectivity index (χ3v) is 4.14. The lowest BCUT2D eigenvalue weighted by atomic mass is 10.1. The van der Waals surface area contributed by atoms with Gasteiger partial charge >= 0.3 is 0 Å². The first-order valence-corrected chi connectivity index (χ1v) is 8.81. The predicted molar refractivity (Wildman–Crippen MR) is 112 cm³/mol. The minimum Gasteiger partial charge on any atom is -0.369 e. The van der Waals surface area contributed by atoms with Crippen molar-refractivity contribution >= 4 is 24.4 Å². The summed E-state index contributed by atoms with van der Waals surface area (Å²) in [6.07, 6.45) is 14.1. The largest absolute Gasteiger partial charge is 0.369 e. The van der Waals surface area contributed by atoms with Crippen LogP contribution in [0.5, 0.6) is 0 Å². The number of halogens is 1. The summed E-state index contributed by atoms with van der Waals surface area (Å²) < 4.78 is 0. The molecule has 1 aromatic carbocycles. The van der Waals surface area contributed by atoms with E-state index >= 15 is 0 Å². The Balaban J connectivity index is 0.00000261. The third kappa shape index (κ3) is 7.12. The Kier molecular flexibility index (Phi) is 8.33. The second-order valence-corrected chi connectivity index (χ2v) is 6.17. The van der Waals surface area contributed by atoms with Crippen LogP contribution >= 0.6 is 12.4 Å². The molecule has 3 rings (SSSR count). The van der Waals surface area contributed by atoms with Crippen LogP contribution in [0.1, 0.15) is 17.5 Å². The highest BCUT2D eigenvalue weighted by Gasteiger charge is 2.05. The van der Waals surface area contributed by atoms with Gasteiger partial charge in [0, 0.05) is 38.1 Å².